The van der Waals surface area contributed by atoms with Gasteiger partial charge in [0.05, 0.1) is 5.69 Å². The number of aryl methyl sites for hydroxylation is 2. The third-order valence-corrected chi connectivity index (χ3v) is 4.36. The lowest BCUT2D eigenvalue weighted by molar-refractivity contribution is 0.197. The van der Waals surface area contributed by atoms with E-state index in [1.807, 2.05) is 26.0 Å². The first-order valence-corrected chi connectivity index (χ1v) is 8.80. The Kier molecular flexibility index (Phi) is 5.83. The van der Waals surface area contributed by atoms with Gasteiger partial charge in [0, 0.05) is 31.3 Å². The van der Waals surface area contributed by atoms with Crippen LogP contribution in [0.15, 0.2) is 35.3 Å². The van der Waals surface area contributed by atoms with E-state index in [9.17, 15) is 8.78 Å². The Hall–Kier alpha value is -2.47. The molecule has 2 aromatic carbocycles. The second kappa shape index (κ2) is 8.27. The van der Waals surface area contributed by atoms with Crippen molar-refractivity contribution in [1.29, 1.82) is 0 Å². The van der Waals surface area contributed by atoms with Crippen LogP contribution in [0.5, 0.6) is 11.5 Å². The van der Waals surface area contributed by atoms with Gasteiger partial charge in [-0.3, -0.25) is 0 Å². The first-order valence-electron chi connectivity index (χ1n) is 8.80. The largest absolute Gasteiger partial charge is 0.457 e. The summed E-state index contributed by atoms with van der Waals surface area (Å²) in [5, 5.41) is 2.16. The quantitative estimate of drug-likeness (QED) is 0.601. The van der Waals surface area contributed by atoms with Crippen LogP contribution >= 0.6 is 0 Å². The van der Waals surface area contributed by atoms with Crippen molar-refractivity contribution in [3.05, 3.63) is 53.1 Å². The number of halogens is 2. The van der Waals surface area contributed by atoms with E-state index in [0.29, 0.717) is 5.75 Å². The number of rotatable bonds is 5. The number of nitrogens with one attached hydrogen (secondary N) is 1. The van der Waals surface area contributed by atoms with Gasteiger partial charge in [0.15, 0.2) is 0 Å². The average Bonchev–Trinajstić information content (AvgIpc) is 2.59. The fourth-order valence-corrected chi connectivity index (χ4v) is 2.94. The molecule has 0 aliphatic carbocycles. The highest BCUT2D eigenvalue weighted by molar-refractivity contribution is 5.64. The minimum absolute atomic E-state index is 0.132. The van der Waals surface area contributed by atoms with Gasteiger partial charge in [-0.05, 0) is 49.9 Å². The van der Waals surface area contributed by atoms with E-state index in [1.54, 1.807) is 6.34 Å². The minimum atomic E-state index is -0.667. The van der Waals surface area contributed by atoms with Crippen LogP contribution in [-0.4, -0.2) is 24.4 Å². The molecule has 0 spiro atoms. The molecule has 0 bridgehead atoms. The number of ether oxygens (including phenoxy) is 1. The van der Waals surface area contributed by atoms with Crippen molar-refractivity contribution in [1.82, 2.24) is 10.4 Å². The molecule has 4 nitrogen and oxygen atoms in total. The van der Waals surface area contributed by atoms with Crippen molar-refractivity contribution in [2.45, 2.75) is 33.1 Å². The third-order valence-electron chi connectivity index (χ3n) is 4.36. The van der Waals surface area contributed by atoms with E-state index >= 15 is 0 Å². The van der Waals surface area contributed by atoms with Crippen LogP contribution in [0.1, 0.15) is 30.4 Å². The topological polar surface area (TPSA) is 36.9 Å². The maximum absolute atomic E-state index is 13.3. The van der Waals surface area contributed by atoms with Gasteiger partial charge in [-0.2, -0.15) is 0 Å². The van der Waals surface area contributed by atoms with Crippen LogP contribution in [0.2, 0.25) is 0 Å². The van der Waals surface area contributed by atoms with Gasteiger partial charge >= 0.3 is 0 Å². The second-order valence-corrected chi connectivity index (χ2v) is 6.55. The van der Waals surface area contributed by atoms with Crippen LogP contribution in [-0.2, 0) is 0 Å². The smallest absolute Gasteiger partial charge is 0.133 e. The highest BCUT2D eigenvalue weighted by Gasteiger charge is 2.09. The van der Waals surface area contributed by atoms with Gasteiger partial charge in [-0.15, -0.1) is 0 Å². The fraction of sp³-hybridized carbons (Fsp3) is 0.350. The number of hydrogen-bond donors (Lipinski definition) is 1. The van der Waals surface area contributed by atoms with Crippen LogP contribution in [0.3, 0.4) is 0 Å². The van der Waals surface area contributed by atoms with Crippen molar-refractivity contribution in [2.75, 3.05) is 13.1 Å². The molecule has 1 heterocycles. The van der Waals surface area contributed by atoms with Gasteiger partial charge in [-0.1, -0.05) is 6.42 Å². The first-order chi connectivity index (χ1) is 12.5. The Morgan fingerprint density at radius 1 is 0.962 bits per heavy atom. The Morgan fingerprint density at radius 3 is 2.35 bits per heavy atom. The summed E-state index contributed by atoms with van der Waals surface area (Å²) in [7, 11) is 0. The zero-order valence-corrected chi connectivity index (χ0v) is 15.1. The summed E-state index contributed by atoms with van der Waals surface area (Å²) in [4.78, 5) is 4.48. The summed E-state index contributed by atoms with van der Waals surface area (Å²) in [6, 6.07) is 6.86. The molecule has 0 saturated carbocycles. The Bertz CT molecular complexity index is 782. The standard InChI is InChI=1S/C20H23F2N3O/c1-14-9-20(26-18-11-16(21)10-17(22)12-18)15(2)8-19(14)23-13-24-25-6-4-3-5-7-25/h8-13H,3-7H2,1-2H3,(H,23,24). The number of aliphatic imine (C=N–C) groups is 1. The lowest BCUT2D eigenvalue weighted by Crippen LogP contribution is -2.40. The summed E-state index contributed by atoms with van der Waals surface area (Å²) >= 11 is 0. The molecule has 6 heteroatoms. The lowest BCUT2D eigenvalue weighted by Gasteiger charge is -2.25. The van der Waals surface area contributed by atoms with Crippen LogP contribution in [0, 0.1) is 25.5 Å². The van der Waals surface area contributed by atoms with Crippen LogP contribution in [0.4, 0.5) is 14.5 Å². The molecule has 1 saturated heterocycles. The normalized spacial score (nSPS) is 15.4. The SMILES string of the molecule is Cc1cc(Oc2cc(F)cc(F)c2)c(C)cc1N=CNN1CCCCC1. The molecule has 0 atom stereocenters. The molecular weight excluding hydrogens is 336 g/mol. The molecule has 0 amide bonds. The molecule has 138 valence electrons. The maximum atomic E-state index is 13.3. The molecule has 2 aromatic rings. The van der Waals surface area contributed by atoms with Crippen molar-refractivity contribution < 1.29 is 13.5 Å². The van der Waals surface area contributed by atoms with Crippen molar-refractivity contribution in [3.8, 4) is 11.5 Å². The molecule has 0 aromatic heterocycles. The number of nitrogens with zero attached hydrogens (tertiary/aromatic N) is 2. The molecule has 0 radical (unpaired) electrons. The summed E-state index contributed by atoms with van der Waals surface area (Å²) in [6.07, 6.45) is 5.39. The van der Waals surface area contributed by atoms with E-state index in [-0.39, 0.29) is 5.75 Å². The second-order valence-electron chi connectivity index (χ2n) is 6.55. The molecule has 26 heavy (non-hydrogen) atoms. The highest BCUT2D eigenvalue weighted by Crippen LogP contribution is 2.31. The Labute approximate surface area is 152 Å². The highest BCUT2D eigenvalue weighted by atomic mass is 19.1. The molecule has 1 aliphatic rings. The van der Waals surface area contributed by atoms with E-state index in [2.05, 4.69) is 15.4 Å². The molecule has 1 fully saturated rings. The van der Waals surface area contributed by atoms with Crippen molar-refractivity contribution >= 4 is 12.0 Å². The first kappa shape index (κ1) is 18.3. The van der Waals surface area contributed by atoms with Gasteiger partial charge in [0.1, 0.15) is 29.5 Å². The van der Waals surface area contributed by atoms with Gasteiger partial charge < -0.3 is 10.2 Å². The van der Waals surface area contributed by atoms with Crippen molar-refractivity contribution in [3.63, 3.8) is 0 Å². The molecule has 1 aliphatic heterocycles. The zero-order valence-electron chi connectivity index (χ0n) is 15.1. The third kappa shape index (κ3) is 4.79. The minimum Gasteiger partial charge on any atom is -0.457 e. The summed E-state index contributed by atoms with van der Waals surface area (Å²) in [5.41, 5.74) is 5.79. The zero-order chi connectivity index (χ0) is 18.5. The predicted octanol–water partition coefficient (Wildman–Crippen LogP) is 5.02. The summed E-state index contributed by atoms with van der Waals surface area (Å²) < 4.78 is 32.3. The fourth-order valence-electron chi connectivity index (χ4n) is 2.94. The number of hydrogen-bond acceptors (Lipinski definition) is 3. The monoisotopic (exact) mass is 359 g/mol. The van der Waals surface area contributed by atoms with Crippen LogP contribution in [0.25, 0.3) is 0 Å². The lowest BCUT2D eigenvalue weighted by atomic mass is 10.1. The molecule has 3 rings (SSSR count). The Morgan fingerprint density at radius 2 is 1.65 bits per heavy atom. The number of hydrazine groups is 1. The number of benzene rings is 2. The molecule has 0 unspecified atom stereocenters. The summed E-state index contributed by atoms with van der Waals surface area (Å²) in [6.45, 7) is 5.86. The number of piperidine rings is 1. The predicted molar refractivity (Wildman–Crippen MR) is 99.1 cm³/mol. The van der Waals surface area contributed by atoms with Gasteiger partial charge in [0.25, 0.3) is 0 Å². The molecule has 1 N–H and O–H groups in total. The Balaban J connectivity index is 1.71. The van der Waals surface area contributed by atoms with E-state index < -0.39 is 11.6 Å². The van der Waals surface area contributed by atoms with Gasteiger partial charge in [0.2, 0.25) is 0 Å². The average molecular weight is 359 g/mol. The van der Waals surface area contributed by atoms with Gasteiger partial charge in [-0.25, -0.2) is 18.8 Å². The van der Waals surface area contributed by atoms with E-state index in [1.165, 1.54) is 19.3 Å². The van der Waals surface area contributed by atoms with E-state index in [0.717, 1.165) is 48.1 Å². The van der Waals surface area contributed by atoms with E-state index in [4.69, 9.17) is 4.74 Å². The van der Waals surface area contributed by atoms with Crippen molar-refractivity contribution in [2.24, 2.45) is 4.99 Å². The summed E-state index contributed by atoms with van der Waals surface area (Å²) in [5.74, 6) is -0.651. The van der Waals surface area contributed by atoms with Crippen LogP contribution < -0.4 is 10.2 Å². The molecular formula is C20H23F2N3O. The maximum Gasteiger partial charge on any atom is 0.133 e.